The third-order valence-corrected chi connectivity index (χ3v) is 4.10. The van der Waals surface area contributed by atoms with Crippen molar-refractivity contribution in [3.63, 3.8) is 0 Å². The van der Waals surface area contributed by atoms with Crippen molar-refractivity contribution in [1.29, 1.82) is 0 Å². The van der Waals surface area contributed by atoms with E-state index in [1.807, 2.05) is 6.26 Å². The molecule has 1 aromatic rings. The zero-order valence-corrected chi connectivity index (χ0v) is 12.2. The third-order valence-electron chi connectivity index (χ3n) is 2.33. The summed E-state index contributed by atoms with van der Waals surface area (Å²) in [7, 11) is 3.80. The summed E-state index contributed by atoms with van der Waals surface area (Å²) in [6.45, 7) is 3.56. The highest BCUT2D eigenvalue weighted by atomic mass is 32.2. The minimum absolute atomic E-state index is 0.623. The van der Waals surface area contributed by atoms with Gasteiger partial charge in [0.15, 0.2) is 5.82 Å². The lowest BCUT2D eigenvalue weighted by Crippen LogP contribution is -2.28. The second-order valence-electron chi connectivity index (χ2n) is 3.65. The van der Waals surface area contributed by atoms with E-state index in [0.717, 1.165) is 36.1 Å². The maximum absolute atomic E-state index is 5.76. The van der Waals surface area contributed by atoms with Crippen molar-refractivity contribution in [3.05, 3.63) is 0 Å². The highest BCUT2D eigenvalue weighted by Gasteiger charge is 2.09. The number of hydrogen-bond acceptors (Lipinski definition) is 7. The van der Waals surface area contributed by atoms with E-state index >= 15 is 0 Å². The van der Waals surface area contributed by atoms with Gasteiger partial charge in [-0.1, -0.05) is 0 Å². The van der Waals surface area contributed by atoms with E-state index in [9.17, 15) is 0 Å². The van der Waals surface area contributed by atoms with Crippen LogP contribution in [0.1, 0.15) is 0 Å². The number of nitrogens with zero attached hydrogens (tertiary/aromatic N) is 2. The molecule has 7 heteroatoms. The molecule has 0 atom stereocenters. The summed E-state index contributed by atoms with van der Waals surface area (Å²) in [6.07, 6.45) is 2.01. The SMILES string of the molecule is COCCN(C)CCNc1snc(N)c1SC. The number of ether oxygens (including phenoxy) is 1. The summed E-state index contributed by atoms with van der Waals surface area (Å²) in [4.78, 5) is 3.27. The summed E-state index contributed by atoms with van der Waals surface area (Å²) < 4.78 is 9.16. The molecule has 0 radical (unpaired) electrons. The van der Waals surface area contributed by atoms with Gasteiger partial charge in [0.2, 0.25) is 0 Å². The molecule has 1 rings (SSSR count). The van der Waals surface area contributed by atoms with Crippen LogP contribution in [-0.4, -0.2) is 55.9 Å². The van der Waals surface area contributed by atoms with Gasteiger partial charge in [-0.25, -0.2) is 0 Å². The molecule has 17 heavy (non-hydrogen) atoms. The largest absolute Gasteiger partial charge is 0.383 e. The molecule has 0 bridgehead atoms. The Balaban J connectivity index is 2.30. The Labute approximate surface area is 111 Å². The lowest BCUT2D eigenvalue weighted by atomic mass is 10.5. The first-order valence-corrected chi connectivity index (χ1v) is 7.39. The molecule has 0 aliphatic carbocycles. The number of anilines is 2. The van der Waals surface area contributed by atoms with Gasteiger partial charge in [-0.2, -0.15) is 4.37 Å². The molecule has 0 saturated heterocycles. The van der Waals surface area contributed by atoms with Crippen LogP contribution in [0.5, 0.6) is 0 Å². The summed E-state index contributed by atoms with van der Waals surface area (Å²) >= 11 is 3.05. The topological polar surface area (TPSA) is 63.4 Å². The van der Waals surface area contributed by atoms with E-state index in [1.54, 1.807) is 18.9 Å². The van der Waals surface area contributed by atoms with Crippen molar-refractivity contribution in [2.75, 3.05) is 57.7 Å². The lowest BCUT2D eigenvalue weighted by molar-refractivity contribution is 0.163. The van der Waals surface area contributed by atoms with Crippen molar-refractivity contribution < 1.29 is 4.74 Å². The Bertz CT molecular complexity index is 332. The second-order valence-corrected chi connectivity index (χ2v) is 5.24. The monoisotopic (exact) mass is 276 g/mol. The van der Waals surface area contributed by atoms with E-state index in [-0.39, 0.29) is 0 Å². The predicted molar refractivity (Wildman–Crippen MR) is 76.2 cm³/mol. The van der Waals surface area contributed by atoms with Crippen molar-refractivity contribution >= 4 is 34.1 Å². The van der Waals surface area contributed by atoms with Gasteiger partial charge < -0.3 is 20.7 Å². The average molecular weight is 276 g/mol. The molecule has 1 aromatic heterocycles. The van der Waals surface area contributed by atoms with Gasteiger partial charge in [0.05, 0.1) is 11.5 Å². The summed E-state index contributed by atoms with van der Waals surface area (Å²) in [5.74, 6) is 0.623. The summed E-state index contributed by atoms with van der Waals surface area (Å²) in [5.41, 5.74) is 5.76. The van der Waals surface area contributed by atoms with E-state index in [0.29, 0.717) is 5.82 Å². The van der Waals surface area contributed by atoms with Crippen LogP contribution in [0.15, 0.2) is 4.90 Å². The number of rotatable bonds is 8. The quantitative estimate of drug-likeness (QED) is 0.701. The van der Waals surface area contributed by atoms with Gasteiger partial charge in [0, 0.05) is 26.7 Å². The Hall–Kier alpha value is -0.500. The van der Waals surface area contributed by atoms with Crippen LogP contribution in [0.2, 0.25) is 0 Å². The first-order chi connectivity index (χ1) is 8.19. The molecule has 0 fully saturated rings. The Morgan fingerprint density at radius 1 is 1.53 bits per heavy atom. The smallest absolute Gasteiger partial charge is 0.153 e. The molecule has 98 valence electrons. The summed E-state index contributed by atoms with van der Waals surface area (Å²) in [6, 6.07) is 0. The van der Waals surface area contributed by atoms with Crippen molar-refractivity contribution in [1.82, 2.24) is 9.27 Å². The van der Waals surface area contributed by atoms with E-state index < -0.39 is 0 Å². The number of nitrogens with two attached hydrogens (primary N) is 1. The van der Waals surface area contributed by atoms with Crippen LogP contribution in [0, 0.1) is 0 Å². The fourth-order valence-corrected chi connectivity index (χ4v) is 2.89. The molecular formula is C10H20N4OS2. The molecular weight excluding hydrogens is 256 g/mol. The van der Waals surface area contributed by atoms with Gasteiger partial charge in [-0.15, -0.1) is 11.8 Å². The molecule has 0 amide bonds. The first kappa shape index (κ1) is 14.6. The van der Waals surface area contributed by atoms with Crippen molar-refractivity contribution in [3.8, 4) is 0 Å². The number of aromatic nitrogens is 1. The maximum atomic E-state index is 5.76. The van der Waals surface area contributed by atoms with Crippen molar-refractivity contribution in [2.24, 2.45) is 0 Å². The van der Waals surface area contributed by atoms with Crippen LogP contribution in [0.4, 0.5) is 10.8 Å². The number of hydrogen-bond donors (Lipinski definition) is 2. The molecule has 0 aliphatic rings. The maximum Gasteiger partial charge on any atom is 0.153 e. The van der Waals surface area contributed by atoms with Gasteiger partial charge >= 0.3 is 0 Å². The van der Waals surface area contributed by atoms with Gasteiger partial charge in [-0.05, 0) is 24.8 Å². The van der Waals surface area contributed by atoms with Crippen LogP contribution in [-0.2, 0) is 4.74 Å². The Kier molecular flexibility index (Phi) is 6.64. The van der Waals surface area contributed by atoms with E-state index in [2.05, 4.69) is 21.6 Å². The van der Waals surface area contributed by atoms with Gasteiger partial charge in [-0.3, -0.25) is 0 Å². The number of methoxy groups -OCH3 is 1. The molecule has 5 nitrogen and oxygen atoms in total. The van der Waals surface area contributed by atoms with Gasteiger partial charge in [0.25, 0.3) is 0 Å². The number of thioether (sulfide) groups is 1. The molecule has 0 spiro atoms. The highest BCUT2D eigenvalue weighted by Crippen LogP contribution is 2.34. The Morgan fingerprint density at radius 3 is 2.94 bits per heavy atom. The molecule has 3 N–H and O–H groups in total. The van der Waals surface area contributed by atoms with Crippen LogP contribution in [0.25, 0.3) is 0 Å². The van der Waals surface area contributed by atoms with Crippen LogP contribution in [0.3, 0.4) is 0 Å². The van der Waals surface area contributed by atoms with Crippen LogP contribution >= 0.6 is 23.3 Å². The first-order valence-electron chi connectivity index (χ1n) is 5.39. The highest BCUT2D eigenvalue weighted by molar-refractivity contribution is 7.99. The minimum atomic E-state index is 0.623. The molecule has 0 saturated carbocycles. The van der Waals surface area contributed by atoms with Crippen LogP contribution < -0.4 is 11.1 Å². The number of nitrogens with one attached hydrogen (secondary N) is 1. The number of nitrogen functional groups attached to an aromatic ring is 1. The predicted octanol–water partition coefficient (Wildman–Crippen LogP) is 1.44. The fraction of sp³-hybridized carbons (Fsp3) is 0.700. The zero-order chi connectivity index (χ0) is 12.7. The molecule has 0 aliphatic heterocycles. The van der Waals surface area contributed by atoms with E-state index in [1.165, 1.54) is 11.5 Å². The summed E-state index contributed by atoms with van der Waals surface area (Å²) in [5, 5.41) is 4.43. The van der Waals surface area contributed by atoms with Crippen molar-refractivity contribution in [2.45, 2.75) is 4.90 Å². The normalized spacial score (nSPS) is 11.1. The zero-order valence-electron chi connectivity index (χ0n) is 10.5. The molecule has 1 heterocycles. The molecule has 0 aromatic carbocycles. The second kappa shape index (κ2) is 7.75. The average Bonchev–Trinajstić information content (AvgIpc) is 2.67. The third kappa shape index (κ3) is 4.71. The van der Waals surface area contributed by atoms with E-state index in [4.69, 9.17) is 10.5 Å². The lowest BCUT2D eigenvalue weighted by Gasteiger charge is -2.16. The standard InChI is InChI=1S/C10H20N4OS2/c1-14(6-7-15-2)5-4-12-10-8(16-3)9(11)13-17-10/h12H,4-7H2,1-3H3,(H2,11,13). The fourth-order valence-electron chi connectivity index (χ4n) is 1.32. The van der Waals surface area contributed by atoms with Gasteiger partial charge in [0.1, 0.15) is 5.00 Å². The number of likely N-dealkylation sites (N-methyl/N-ethyl adjacent to an activating group) is 1. The molecule has 0 unspecified atom stereocenters. The Morgan fingerprint density at radius 2 is 2.29 bits per heavy atom. The minimum Gasteiger partial charge on any atom is -0.383 e.